The van der Waals surface area contributed by atoms with Gasteiger partial charge < -0.3 is 15.9 Å². The summed E-state index contributed by atoms with van der Waals surface area (Å²) >= 11 is 0. The summed E-state index contributed by atoms with van der Waals surface area (Å²) in [5, 5.41) is 20.3. The van der Waals surface area contributed by atoms with E-state index in [9.17, 15) is 15.0 Å². The number of rotatable bonds is 9. The third kappa shape index (κ3) is 4.39. The van der Waals surface area contributed by atoms with E-state index in [1.54, 1.807) is 6.20 Å². The molecule has 0 spiro atoms. The van der Waals surface area contributed by atoms with E-state index in [-0.39, 0.29) is 12.3 Å². The Morgan fingerprint density at radius 2 is 2.16 bits per heavy atom. The Labute approximate surface area is 149 Å². The topological polar surface area (TPSA) is 96.4 Å². The molecule has 0 bridgehead atoms. The maximum Gasteiger partial charge on any atom is 0.337 e. The average Bonchev–Trinajstić information content (AvgIpc) is 3.44. The number of nitrogens with zero attached hydrogens (tertiary/aromatic N) is 1. The summed E-state index contributed by atoms with van der Waals surface area (Å²) in [7, 11) is 0. The highest BCUT2D eigenvalue weighted by molar-refractivity contribution is 5.78. The van der Waals surface area contributed by atoms with E-state index >= 15 is 0 Å². The maximum atomic E-state index is 11.7. The van der Waals surface area contributed by atoms with Crippen LogP contribution < -0.4 is 5.73 Å². The molecule has 0 aromatic carbocycles. The molecule has 2 saturated carbocycles. The fourth-order valence-electron chi connectivity index (χ4n) is 3.87. The number of aliphatic hydroxyl groups is 1. The van der Waals surface area contributed by atoms with E-state index in [1.807, 2.05) is 26.0 Å². The van der Waals surface area contributed by atoms with Crippen molar-refractivity contribution in [3.05, 3.63) is 29.6 Å². The molecule has 25 heavy (non-hydrogen) atoms. The van der Waals surface area contributed by atoms with Gasteiger partial charge in [0.05, 0.1) is 0 Å². The number of nitrogens with two attached hydrogens (primary N) is 1. The molecule has 2 aliphatic rings. The van der Waals surface area contributed by atoms with E-state index in [4.69, 9.17) is 5.73 Å². The molecule has 5 nitrogen and oxygen atoms in total. The number of carbonyl (C=O) groups is 1. The molecule has 0 aliphatic heterocycles. The molecular weight excluding hydrogens is 316 g/mol. The second kappa shape index (κ2) is 7.04. The molecule has 1 heterocycles. The number of aliphatic carboxylic acids is 1. The zero-order chi connectivity index (χ0) is 18.2. The minimum Gasteiger partial charge on any atom is -0.479 e. The Balaban J connectivity index is 1.70. The van der Waals surface area contributed by atoms with Crippen LogP contribution in [0.1, 0.15) is 63.1 Å². The number of pyridine rings is 1. The number of aromatic nitrogens is 1. The molecule has 3 rings (SSSR count). The van der Waals surface area contributed by atoms with Crippen molar-refractivity contribution in [2.24, 2.45) is 23.5 Å². The Morgan fingerprint density at radius 3 is 2.76 bits per heavy atom. The molecule has 2 aliphatic carbocycles. The minimum atomic E-state index is -1.98. The largest absolute Gasteiger partial charge is 0.479 e. The van der Waals surface area contributed by atoms with Gasteiger partial charge in [-0.2, -0.15) is 0 Å². The van der Waals surface area contributed by atoms with Gasteiger partial charge in [0.15, 0.2) is 5.60 Å². The summed E-state index contributed by atoms with van der Waals surface area (Å²) in [6.07, 6.45) is 7.43. The third-order valence-corrected chi connectivity index (χ3v) is 5.68. The van der Waals surface area contributed by atoms with E-state index in [1.165, 1.54) is 31.2 Å². The van der Waals surface area contributed by atoms with Gasteiger partial charge in [0.2, 0.25) is 0 Å². The Hall–Kier alpha value is -1.46. The Bertz CT molecular complexity index is 629. The molecule has 1 aromatic heterocycles. The lowest BCUT2D eigenvalue weighted by atomic mass is 9.84. The zero-order valence-corrected chi connectivity index (χ0v) is 15.2. The summed E-state index contributed by atoms with van der Waals surface area (Å²) in [5.74, 6) is 1.22. The van der Waals surface area contributed by atoms with Gasteiger partial charge in [-0.15, -0.1) is 0 Å². The molecule has 4 N–H and O–H groups in total. The SMILES string of the molecule is CC(C)C[C@H](N)[C@](O)(Cc1cc([C@@H]2C[C@H]2CC2CC2)ccn1)C(=O)O. The van der Waals surface area contributed by atoms with E-state index in [0.717, 1.165) is 11.8 Å². The molecule has 2 fully saturated rings. The predicted octanol–water partition coefficient (Wildman–Crippen LogP) is 2.72. The fourth-order valence-corrected chi connectivity index (χ4v) is 3.87. The normalized spacial score (nSPS) is 26.3. The first kappa shape index (κ1) is 18.3. The van der Waals surface area contributed by atoms with Gasteiger partial charge in [0.1, 0.15) is 0 Å². The lowest BCUT2D eigenvalue weighted by molar-refractivity contribution is -0.161. The van der Waals surface area contributed by atoms with Crippen molar-refractivity contribution in [3.8, 4) is 0 Å². The van der Waals surface area contributed by atoms with Crippen LogP contribution in [0.25, 0.3) is 0 Å². The number of hydrogen-bond acceptors (Lipinski definition) is 4. The lowest BCUT2D eigenvalue weighted by Gasteiger charge is -2.30. The van der Waals surface area contributed by atoms with Crippen molar-refractivity contribution < 1.29 is 15.0 Å². The third-order valence-electron chi connectivity index (χ3n) is 5.68. The van der Waals surface area contributed by atoms with Crippen LogP contribution in [-0.4, -0.2) is 32.8 Å². The van der Waals surface area contributed by atoms with Crippen molar-refractivity contribution >= 4 is 5.97 Å². The van der Waals surface area contributed by atoms with Crippen LogP contribution in [0.15, 0.2) is 18.3 Å². The molecule has 0 saturated heterocycles. The highest BCUT2D eigenvalue weighted by atomic mass is 16.4. The van der Waals surface area contributed by atoms with Gasteiger partial charge >= 0.3 is 5.97 Å². The first-order valence-corrected chi connectivity index (χ1v) is 9.45. The lowest BCUT2D eigenvalue weighted by Crippen LogP contribution is -2.56. The molecule has 138 valence electrons. The first-order valence-electron chi connectivity index (χ1n) is 9.45. The summed E-state index contributed by atoms with van der Waals surface area (Å²) in [6, 6.07) is 3.17. The quantitative estimate of drug-likeness (QED) is 0.639. The molecule has 0 unspecified atom stereocenters. The van der Waals surface area contributed by atoms with Crippen LogP contribution in [0, 0.1) is 17.8 Å². The summed E-state index contributed by atoms with van der Waals surface area (Å²) in [4.78, 5) is 16.0. The zero-order valence-electron chi connectivity index (χ0n) is 15.2. The molecule has 0 amide bonds. The van der Waals surface area contributed by atoms with Gasteiger partial charge in [-0.25, -0.2) is 4.79 Å². The highest BCUT2D eigenvalue weighted by Crippen LogP contribution is 2.54. The van der Waals surface area contributed by atoms with Crippen molar-refractivity contribution in [1.29, 1.82) is 0 Å². The number of carboxylic acids is 1. The summed E-state index contributed by atoms with van der Waals surface area (Å²) in [5.41, 5.74) is 5.89. The van der Waals surface area contributed by atoms with Crippen LogP contribution in [0.4, 0.5) is 0 Å². The second-order valence-corrected chi connectivity index (χ2v) is 8.50. The van der Waals surface area contributed by atoms with Gasteiger partial charge in [-0.1, -0.05) is 26.7 Å². The summed E-state index contributed by atoms with van der Waals surface area (Å²) in [6.45, 7) is 3.93. The van der Waals surface area contributed by atoms with Gasteiger partial charge in [-0.05, 0) is 60.6 Å². The number of carboxylic acid groups (broad SMARTS) is 1. The maximum absolute atomic E-state index is 11.7. The van der Waals surface area contributed by atoms with Crippen LogP contribution in [-0.2, 0) is 11.2 Å². The van der Waals surface area contributed by atoms with Crippen molar-refractivity contribution in [1.82, 2.24) is 4.98 Å². The van der Waals surface area contributed by atoms with Crippen LogP contribution in [0.2, 0.25) is 0 Å². The monoisotopic (exact) mass is 346 g/mol. The smallest absolute Gasteiger partial charge is 0.337 e. The molecule has 1 aromatic rings. The van der Waals surface area contributed by atoms with Crippen molar-refractivity contribution in [2.45, 2.75) is 69.9 Å². The number of hydrogen-bond donors (Lipinski definition) is 3. The Kier molecular flexibility index (Phi) is 5.16. The minimum absolute atomic E-state index is 0.0515. The molecule has 0 radical (unpaired) electrons. The first-order chi connectivity index (χ1) is 11.8. The average molecular weight is 346 g/mol. The van der Waals surface area contributed by atoms with Gasteiger partial charge in [0.25, 0.3) is 0 Å². The Morgan fingerprint density at radius 1 is 1.44 bits per heavy atom. The van der Waals surface area contributed by atoms with E-state index < -0.39 is 17.6 Å². The van der Waals surface area contributed by atoms with E-state index in [2.05, 4.69) is 4.98 Å². The van der Waals surface area contributed by atoms with E-state index in [0.29, 0.717) is 18.0 Å². The van der Waals surface area contributed by atoms with Crippen LogP contribution in [0.5, 0.6) is 0 Å². The fraction of sp³-hybridized carbons (Fsp3) is 0.700. The standard InChI is InChI=1S/C20H30N2O3/c1-12(2)7-18(21)20(25,19(23)24)11-16-9-14(5-6-22-16)17-10-15(17)8-13-3-4-13/h5-6,9,12-13,15,17-18,25H,3-4,7-8,10-11,21H2,1-2H3,(H,23,24)/t15-,17+,18+,20-/m1/s1. The van der Waals surface area contributed by atoms with Crippen molar-refractivity contribution in [2.75, 3.05) is 0 Å². The predicted molar refractivity (Wildman–Crippen MR) is 96.1 cm³/mol. The van der Waals surface area contributed by atoms with Gasteiger partial charge in [-0.3, -0.25) is 4.98 Å². The molecule has 4 atom stereocenters. The highest BCUT2D eigenvalue weighted by Gasteiger charge is 2.44. The molecule has 5 heteroatoms. The van der Waals surface area contributed by atoms with Crippen LogP contribution >= 0.6 is 0 Å². The van der Waals surface area contributed by atoms with Crippen molar-refractivity contribution in [3.63, 3.8) is 0 Å². The summed E-state index contributed by atoms with van der Waals surface area (Å²) < 4.78 is 0. The molecular formula is C20H30N2O3. The second-order valence-electron chi connectivity index (χ2n) is 8.50. The van der Waals surface area contributed by atoms with Gasteiger partial charge in [0, 0.05) is 24.4 Å². The van der Waals surface area contributed by atoms with Crippen LogP contribution in [0.3, 0.4) is 0 Å².